The predicted molar refractivity (Wildman–Crippen MR) is 71.3 cm³/mol. The van der Waals surface area contributed by atoms with Crippen LogP contribution in [0.15, 0.2) is 60.4 Å². The summed E-state index contributed by atoms with van der Waals surface area (Å²) in [5.41, 5.74) is -0.519. The molecule has 0 bridgehead atoms. The van der Waals surface area contributed by atoms with Crippen LogP contribution < -0.4 is 0 Å². The molecular formula is C16H10F4O. The van der Waals surface area contributed by atoms with Crippen molar-refractivity contribution in [2.75, 3.05) is 0 Å². The van der Waals surface area contributed by atoms with Gasteiger partial charge in [-0.3, -0.25) is 4.79 Å². The maximum absolute atomic E-state index is 13.8. The second-order valence-electron chi connectivity index (χ2n) is 4.31. The third-order valence-electron chi connectivity index (χ3n) is 2.78. The Kier molecular flexibility index (Phi) is 4.21. The van der Waals surface area contributed by atoms with E-state index in [9.17, 15) is 22.4 Å². The van der Waals surface area contributed by atoms with Gasteiger partial charge in [0.15, 0.2) is 5.83 Å². The lowest BCUT2D eigenvalue weighted by Gasteiger charge is -2.06. The zero-order valence-corrected chi connectivity index (χ0v) is 10.7. The zero-order chi connectivity index (χ0) is 15.5. The standard InChI is InChI=1S/C16H10F4O/c17-14(10-11-4-2-1-3-5-11)15(21)12-6-8-13(9-7-12)16(18,19)20/h1-10H. The van der Waals surface area contributed by atoms with Gasteiger partial charge < -0.3 is 0 Å². The second-order valence-corrected chi connectivity index (χ2v) is 4.31. The van der Waals surface area contributed by atoms with Crippen LogP contribution in [0.1, 0.15) is 21.5 Å². The Labute approximate surface area is 118 Å². The number of ketones is 1. The van der Waals surface area contributed by atoms with Crippen molar-refractivity contribution in [3.63, 3.8) is 0 Å². The first-order valence-electron chi connectivity index (χ1n) is 6.02. The fourth-order valence-electron chi connectivity index (χ4n) is 1.71. The van der Waals surface area contributed by atoms with Crippen molar-refractivity contribution < 1.29 is 22.4 Å². The summed E-state index contributed by atoms with van der Waals surface area (Å²) in [5, 5.41) is 0. The Morgan fingerprint density at radius 3 is 2.00 bits per heavy atom. The molecule has 0 aliphatic carbocycles. The van der Waals surface area contributed by atoms with Crippen molar-refractivity contribution >= 4 is 11.9 Å². The largest absolute Gasteiger partial charge is 0.416 e. The third-order valence-corrected chi connectivity index (χ3v) is 2.78. The molecule has 0 aliphatic rings. The molecule has 0 spiro atoms. The fraction of sp³-hybridized carbons (Fsp3) is 0.0625. The lowest BCUT2D eigenvalue weighted by atomic mass is 10.1. The third kappa shape index (κ3) is 3.78. The van der Waals surface area contributed by atoms with E-state index in [-0.39, 0.29) is 5.56 Å². The van der Waals surface area contributed by atoms with Crippen LogP contribution in [0, 0.1) is 0 Å². The van der Waals surface area contributed by atoms with E-state index in [2.05, 4.69) is 0 Å². The maximum Gasteiger partial charge on any atom is 0.416 e. The average Bonchev–Trinajstić information content (AvgIpc) is 2.46. The topological polar surface area (TPSA) is 17.1 Å². The smallest absolute Gasteiger partial charge is 0.286 e. The van der Waals surface area contributed by atoms with Gasteiger partial charge in [-0.2, -0.15) is 13.2 Å². The molecule has 108 valence electrons. The first-order valence-corrected chi connectivity index (χ1v) is 6.02. The number of benzene rings is 2. The van der Waals surface area contributed by atoms with Gasteiger partial charge in [-0.15, -0.1) is 0 Å². The average molecular weight is 294 g/mol. The molecule has 0 saturated carbocycles. The maximum atomic E-state index is 13.8. The molecule has 0 heterocycles. The Bertz CT molecular complexity index is 655. The van der Waals surface area contributed by atoms with Crippen molar-refractivity contribution in [3.05, 3.63) is 77.1 Å². The van der Waals surface area contributed by atoms with Gasteiger partial charge in [0, 0.05) is 5.56 Å². The molecule has 0 aliphatic heterocycles. The van der Waals surface area contributed by atoms with E-state index in [1.807, 2.05) is 0 Å². The van der Waals surface area contributed by atoms with Crippen LogP contribution in [-0.4, -0.2) is 5.78 Å². The van der Waals surface area contributed by atoms with Gasteiger partial charge in [-0.05, 0) is 23.8 Å². The predicted octanol–water partition coefficient (Wildman–Crippen LogP) is 4.90. The second kappa shape index (κ2) is 5.91. The summed E-state index contributed by atoms with van der Waals surface area (Å²) in [7, 11) is 0. The number of halogens is 4. The van der Waals surface area contributed by atoms with Gasteiger partial charge in [0.1, 0.15) is 0 Å². The Morgan fingerprint density at radius 1 is 0.905 bits per heavy atom. The summed E-state index contributed by atoms with van der Waals surface area (Å²) in [5.74, 6) is -1.98. The van der Waals surface area contributed by atoms with Gasteiger partial charge in [0.25, 0.3) is 0 Å². The summed E-state index contributed by atoms with van der Waals surface area (Å²) >= 11 is 0. The van der Waals surface area contributed by atoms with Crippen LogP contribution in [0.3, 0.4) is 0 Å². The van der Waals surface area contributed by atoms with Crippen LogP contribution in [0.25, 0.3) is 6.08 Å². The van der Waals surface area contributed by atoms with E-state index in [0.717, 1.165) is 30.3 Å². The first-order chi connectivity index (χ1) is 9.88. The van der Waals surface area contributed by atoms with Crippen LogP contribution in [0.2, 0.25) is 0 Å². The zero-order valence-electron chi connectivity index (χ0n) is 10.7. The number of carbonyl (C=O) groups excluding carboxylic acids is 1. The Morgan fingerprint density at radius 2 is 1.48 bits per heavy atom. The van der Waals surface area contributed by atoms with E-state index < -0.39 is 23.3 Å². The number of hydrogen-bond acceptors (Lipinski definition) is 1. The lowest BCUT2D eigenvalue weighted by Crippen LogP contribution is -2.06. The SMILES string of the molecule is O=C(C(F)=Cc1ccccc1)c1ccc(C(F)(F)F)cc1. The summed E-state index contributed by atoms with van der Waals surface area (Å²) < 4.78 is 51.0. The highest BCUT2D eigenvalue weighted by atomic mass is 19.4. The van der Waals surface area contributed by atoms with E-state index in [1.165, 1.54) is 0 Å². The molecule has 0 aromatic heterocycles. The molecule has 0 unspecified atom stereocenters. The van der Waals surface area contributed by atoms with Gasteiger partial charge >= 0.3 is 6.18 Å². The first kappa shape index (κ1) is 15.0. The van der Waals surface area contributed by atoms with Crippen LogP contribution in [0.4, 0.5) is 17.6 Å². The normalized spacial score (nSPS) is 12.3. The number of Topliss-reactive ketones (excluding diaryl/α,β-unsaturated/α-hetero) is 1. The van der Waals surface area contributed by atoms with E-state index >= 15 is 0 Å². The minimum atomic E-state index is -4.49. The molecular weight excluding hydrogens is 284 g/mol. The molecule has 2 aromatic rings. The molecule has 0 fully saturated rings. The molecule has 21 heavy (non-hydrogen) atoms. The Hall–Kier alpha value is -2.43. The quantitative estimate of drug-likeness (QED) is 0.447. The summed E-state index contributed by atoms with van der Waals surface area (Å²) in [6, 6.07) is 11.8. The number of hydrogen-bond donors (Lipinski definition) is 0. The van der Waals surface area contributed by atoms with Gasteiger partial charge in [0.2, 0.25) is 5.78 Å². The minimum Gasteiger partial charge on any atom is -0.286 e. The number of carbonyl (C=O) groups is 1. The van der Waals surface area contributed by atoms with Crippen molar-refractivity contribution in [3.8, 4) is 0 Å². The van der Waals surface area contributed by atoms with Crippen LogP contribution >= 0.6 is 0 Å². The lowest BCUT2D eigenvalue weighted by molar-refractivity contribution is -0.137. The summed E-state index contributed by atoms with van der Waals surface area (Å²) in [6.07, 6.45) is -3.44. The highest BCUT2D eigenvalue weighted by Gasteiger charge is 2.30. The number of rotatable bonds is 3. The molecule has 0 radical (unpaired) electrons. The van der Waals surface area contributed by atoms with Crippen LogP contribution in [0.5, 0.6) is 0 Å². The van der Waals surface area contributed by atoms with Crippen molar-refractivity contribution in [2.45, 2.75) is 6.18 Å². The van der Waals surface area contributed by atoms with Crippen LogP contribution in [-0.2, 0) is 6.18 Å². The molecule has 2 aromatic carbocycles. The summed E-state index contributed by atoms with van der Waals surface area (Å²) in [4.78, 5) is 11.8. The van der Waals surface area contributed by atoms with E-state index in [1.54, 1.807) is 30.3 Å². The molecule has 5 heteroatoms. The molecule has 0 amide bonds. The Balaban J connectivity index is 2.22. The molecule has 1 nitrogen and oxygen atoms in total. The van der Waals surface area contributed by atoms with Gasteiger partial charge in [0.05, 0.1) is 5.56 Å². The van der Waals surface area contributed by atoms with E-state index in [4.69, 9.17) is 0 Å². The number of alkyl halides is 3. The fourth-order valence-corrected chi connectivity index (χ4v) is 1.71. The minimum absolute atomic E-state index is 0.132. The van der Waals surface area contributed by atoms with E-state index in [0.29, 0.717) is 5.56 Å². The highest BCUT2D eigenvalue weighted by Crippen LogP contribution is 2.29. The number of allylic oxidation sites excluding steroid dienone is 1. The molecule has 0 atom stereocenters. The highest BCUT2D eigenvalue weighted by molar-refractivity contribution is 6.09. The monoisotopic (exact) mass is 294 g/mol. The van der Waals surface area contributed by atoms with Gasteiger partial charge in [-0.25, -0.2) is 4.39 Å². The summed E-state index contributed by atoms with van der Waals surface area (Å²) in [6.45, 7) is 0. The molecule has 2 rings (SSSR count). The van der Waals surface area contributed by atoms with Gasteiger partial charge in [-0.1, -0.05) is 42.5 Å². The molecule has 0 saturated heterocycles. The van der Waals surface area contributed by atoms with Crippen molar-refractivity contribution in [1.82, 2.24) is 0 Å². The van der Waals surface area contributed by atoms with Crippen molar-refractivity contribution in [1.29, 1.82) is 0 Å². The molecule has 0 N–H and O–H groups in total. The van der Waals surface area contributed by atoms with Crippen molar-refractivity contribution in [2.24, 2.45) is 0 Å².